The zero-order valence-electron chi connectivity index (χ0n) is 15.4. The number of nitrogens with zero attached hydrogens (tertiary/aromatic N) is 1. The smallest absolute Gasteiger partial charge is 0.255 e. The molecule has 0 spiro atoms. The van der Waals surface area contributed by atoms with Gasteiger partial charge in [0.25, 0.3) is 5.91 Å². The Bertz CT molecular complexity index is 941. The van der Waals surface area contributed by atoms with E-state index >= 15 is 0 Å². The Morgan fingerprint density at radius 2 is 1.75 bits per heavy atom. The molecule has 1 amide bonds. The summed E-state index contributed by atoms with van der Waals surface area (Å²) in [7, 11) is 1.53. The van der Waals surface area contributed by atoms with Crippen molar-refractivity contribution in [3.8, 4) is 23.0 Å². The molecule has 6 heteroatoms. The molecule has 0 atom stereocenters. The van der Waals surface area contributed by atoms with Crippen LogP contribution < -0.4 is 19.5 Å². The number of hydrogen-bond acceptors (Lipinski definition) is 5. The van der Waals surface area contributed by atoms with Gasteiger partial charge in [-0.2, -0.15) is 0 Å². The van der Waals surface area contributed by atoms with Gasteiger partial charge in [0, 0.05) is 23.6 Å². The number of anilines is 1. The number of carbonyl (C=O) groups excluding carboxylic acids is 1. The Balaban J connectivity index is 1.66. The van der Waals surface area contributed by atoms with Crippen LogP contribution in [0.25, 0.3) is 0 Å². The second-order valence-electron chi connectivity index (χ2n) is 5.73. The maximum absolute atomic E-state index is 12.5. The van der Waals surface area contributed by atoms with E-state index in [0.29, 0.717) is 40.9 Å². The van der Waals surface area contributed by atoms with Crippen molar-refractivity contribution in [1.29, 1.82) is 0 Å². The van der Waals surface area contributed by atoms with E-state index in [1.54, 1.807) is 73.1 Å². The molecule has 3 aromatic rings. The summed E-state index contributed by atoms with van der Waals surface area (Å²) in [5.41, 5.74) is 1.11. The molecular formula is C22H20N2O4. The largest absolute Gasteiger partial charge is 0.493 e. The molecule has 1 heterocycles. The van der Waals surface area contributed by atoms with E-state index in [1.165, 1.54) is 7.11 Å². The lowest BCUT2D eigenvalue weighted by atomic mass is 10.2. The molecule has 0 aliphatic heterocycles. The lowest BCUT2D eigenvalue weighted by Crippen LogP contribution is -2.12. The minimum atomic E-state index is -0.253. The van der Waals surface area contributed by atoms with Crippen LogP contribution in [-0.2, 0) is 0 Å². The van der Waals surface area contributed by atoms with E-state index in [4.69, 9.17) is 14.2 Å². The predicted octanol–water partition coefficient (Wildman–Crippen LogP) is 4.70. The molecule has 0 saturated carbocycles. The quantitative estimate of drug-likeness (QED) is 0.577. The molecule has 1 N–H and O–H groups in total. The van der Waals surface area contributed by atoms with E-state index in [2.05, 4.69) is 16.9 Å². The molecule has 0 bridgehead atoms. The molecule has 142 valence electrons. The summed E-state index contributed by atoms with van der Waals surface area (Å²) in [5.74, 6) is 2.13. The predicted molar refractivity (Wildman–Crippen MR) is 107 cm³/mol. The Morgan fingerprint density at radius 3 is 2.43 bits per heavy atom. The van der Waals surface area contributed by atoms with E-state index in [0.717, 1.165) is 0 Å². The van der Waals surface area contributed by atoms with Crippen LogP contribution in [0.5, 0.6) is 23.0 Å². The van der Waals surface area contributed by atoms with Crippen LogP contribution in [0.15, 0.2) is 79.6 Å². The van der Waals surface area contributed by atoms with Gasteiger partial charge in [-0.25, -0.2) is 0 Å². The molecule has 6 nitrogen and oxygen atoms in total. The second kappa shape index (κ2) is 9.23. The summed E-state index contributed by atoms with van der Waals surface area (Å²) in [6, 6.07) is 15.7. The third kappa shape index (κ3) is 4.88. The first-order valence-electron chi connectivity index (χ1n) is 8.60. The molecule has 0 unspecified atom stereocenters. The highest BCUT2D eigenvalue weighted by molar-refractivity contribution is 6.04. The van der Waals surface area contributed by atoms with Crippen molar-refractivity contribution in [1.82, 2.24) is 4.98 Å². The van der Waals surface area contributed by atoms with Crippen LogP contribution in [-0.4, -0.2) is 24.6 Å². The van der Waals surface area contributed by atoms with Crippen molar-refractivity contribution in [2.75, 3.05) is 19.0 Å². The molecule has 0 saturated heterocycles. The number of ether oxygens (including phenoxy) is 3. The Morgan fingerprint density at radius 1 is 1.04 bits per heavy atom. The maximum Gasteiger partial charge on any atom is 0.255 e. The number of aromatic nitrogens is 1. The van der Waals surface area contributed by atoms with Crippen molar-refractivity contribution in [2.24, 2.45) is 0 Å². The first-order chi connectivity index (χ1) is 13.7. The SMILES string of the molecule is C=CCOc1ccc(C(=O)Nc2ccc(Oc3ccncc3)cc2)cc1OC. The van der Waals surface area contributed by atoms with Crippen molar-refractivity contribution >= 4 is 11.6 Å². The third-order valence-corrected chi connectivity index (χ3v) is 3.78. The van der Waals surface area contributed by atoms with Gasteiger partial charge in [0.2, 0.25) is 0 Å². The Labute approximate surface area is 163 Å². The van der Waals surface area contributed by atoms with Gasteiger partial charge >= 0.3 is 0 Å². The zero-order chi connectivity index (χ0) is 19.8. The Kier molecular flexibility index (Phi) is 6.25. The number of carbonyl (C=O) groups is 1. The lowest BCUT2D eigenvalue weighted by molar-refractivity contribution is 0.102. The summed E-state index contributed by atoms with van der Waals surface area (Å²) in [6.45, 7) is 3.97. The molecule has 28 heavy (non-hydrogen) atoms. The summed E-state index contributed by atoms with van der Waals surface area (Å²) in [5, 5.41) is 2.85. The first-order valence-corrected chi connectivity index (χ1v) is 8.60. The van der Waals surface area contributed by atoms with E-state index in [9.17, 15) is 4.79 Å². The normalized spacial score (nSPS) is 10.0. The number of amides is 1. The summed E-state index contributed by atoms with van der Waals surface area (Å²) in [6.07, 6.45) is 4.96. The molecule has 0 radical (unpaired) electrons. The molecular weight excluding hydrogens is 356 g/mol. The minimum Gasteiger partial charge on any atom is -0.493 e. The summed E-state index contributed by atoms with van der Waals surface area (Å²) in [4.78, 5) is 16.5. The first kappa shape index (κ1) is 19.0. The fourth-order valence-corrected chi connectivity index (χ4v) is 2.43. The number of benzene rings is 2. The highest BCUT2D eigenvalue weighted by atomic mass is 16.5. The topological polar surface area (TPSA) is 69.7 Å². The van der Waals surface area contributed by atoms with Crippen LogP contribution in [0.3, 0.4) is 0 Å². The van der Waals surface area contributed by atoms with Gasteiger partial charge in [0.1, 0.15) is 18.1 Å². The second-order valence-corrected chi connectivity index (χ2v) is 5.73. The van der Waals surface area contributed by atoms with Gasteiger partial charge in [0.05, 0.1) is 7.11 Å². The molecule has 0 aliphatic rings. The van der Waals surface area contributed by atoms with Crippen LogP contribution in [0.4, 0.5) is 5.69 Å². The van der Waals surface area contributed by atoms with Gasteiger partial charge in [0.15, 0.2) is 11.5 Å². The van der Waals surface area contributed by atoms with E-state index in [1.807, 2.05) is 0 Å². The van der Waals surface area contributed by atoms with E-state index in [-0.39, 0.29) is 5.91 Å². The highest BCUT2D eigenvalue weighted by Gasteiger charge is 2.11. The summed E-state index contributed by atoms with van der Waals surface area (Å²) >= 11 is 0. The Hall–Kier alpha value is -3.80. The molecule has 3 rings (SSSR count). The van der Waals surface area contributed by atoms with Crippen molar-refractivity contribution < 1.29 is 19.0 Å². The number of hydrogen-bond donors (Lipinski definition) is 1. The standard InChI is InChI=1S/C22H20N2O4/c1-3-14-27-20-9-4-16(15-21(20)26-2)22(25)24-17-5-7-18(8-6-17)28-19-10-12-23-13-11-19/h3-13,15H,1,14H2,2H3,(H,24,25). The fourth-order valence-electron chi connectivity index (χ4n) is 2.43. The highest BCUT2D eigenvalue weighted by Crippen LogP contribution is 2.29. The van der Waals surface area contributed by atoms with Crippen LogP contribution in [0.2, 0.25) is 0 Å². The average molecular weight is 376 g/mol. The molecule has 0 aliphatic carbocycles. The summed E-state index contributed by atoms with van der Waals surface area (Å²) < 4.78 is 16.5. The molecule has 2 aromatic carbocycles. The monoisotopic (exact) mass is 376 g/mol. The minimum absolute atomic E-state index is 0.253. The average Bonchev–Trinajstić information content (AvgIpc) is 2.74. The number of pyridine rings is 1. The molecule has 1 aromatic heterocycles. The number of rotatable bonds is 8. The molecule has 0 fully saturated rings. The maximum atomic E-state index is 12.5. The van der Waals surface area contributed by atoms with Gasteiger partial charge in [-0.1, -0.05) is 12.7 Å². The van der Waals surface area contributed by atoms with Crippen molar-refractivity contribution in [3.05, 3.63) is 85.2 Å². The van der Waals surface area contributed by atoms with Gasteiger partial charge in [-0.3, -0.25) is 9.78 Å². The fraction of sp³-hybridized carbons (Fsp3) is 0.0909. The zero-order valence-corrected chi connectivity index (χ0v) is 15.4. The van der Waals surface area contributed by atoms with Crippen LogP contribution in [0, 0.1) is 0 Å². The van der Waals surface area contributed by atoms with Gasteiger partial charge < -0.3 is 19.5 Å². The van der Waals surface area contributed by atoms with Crippen LogP contribution >= 0.6 is 0 Å². The van der Waals surface area contributed by atoms with Crippen molar-refractivity contribution in [2.45, 2.75) is 0 Å². The van der Waals surface area contributed by atoms with Crippen molar-refractivity contribution in [3.63, 3.8) is 0 Å². The van der Waals surface area contributed by atoms with E-state index < -0.39 is 0 Å². The van der Waals surface area contributed by atoms with Crippen LogP contribution in [0.1, 0.15) is 10.4 Å². The third-order valence-electron chi connectivity index (χ3n) is 3.78. The lowest BCUT2D eigenvalue weighted by Gasteiger charge is -2.11. The van der Waals surface area contributed by atoms with Gasteiger partial charge in [-0.15, -0.1) is 0 Å². The number of nitrogens with one attached hydrogen (secondary N) is 1. The number of methoxy groups -OCH3 is 1. The van der Waals surface area contributed by atoms with Gasteiger partial charge in [-0.05, 0) is 54.6 Å².